The Kier molecular flexibility index (Phi) is 38.6. The molecule has 0 spiro atoms. The maximum atomic E-state index is 5.51. The third-order valence-corrected chi connectivity index (χ3v) is 13.0. The first-order chi connectivity index (χ1) is 31.2. The number of para-hydroxylation sites is 2. The SMILES string of the molecule is CCCCCCCCCCCCCC/C=C/CCCc1ccccc1N=C(CCCC)C(CCCCC)=Nc1ccccc1CCC/C=C/CCCCCCCCCCCCCC. The van der Waals surface area contributed by atoms with Crippen molar-refractivity contribution in [2.24, 2.45) is 9.98 Å². The van der Waals surface area contributed by atoms with Crippen molar-refractivity contribution in [1.29, 1.82) is 0 Å². The third kappa shape index (κ3) is 31.7. The highest BCUT2D eigenvalue weighted by molar-refractivity contribution is 6.43. The van der Waals surface area contributed by atoms with Crippen molar-refractivity contribution in [3.8, 4) is 0 Å². The summed E-state index contributed by atoms with van der Waals surface area (Å²) in [5, 5.41) is 0. The van der Waals surface area contributed by atoms with Crippen LogP contribution in [0.2, 0.25) is 0 Å². The van der Waals surface area contributed by atoms with E-state index in [1.54, 1.807) is 0 Å². The molecule has 0 aliphatic heterocycles. The number of unbranched alkanes of at least 4 members (excludes halogenated alkanes) is 29. The molecule has 0 aromatic heterocycles. The number of hydrogen-bond acceptors (Lipinski definition) is 2. The van der Waals surface area contributed by atoms with Crippen molar-refractivity contribution in [1.82, 2.24) is 0 Å². The van der Waals surface area contributed by atoms with Crippen LogP contribution >= 0.6 is 0 Å². The van der Waals surface area contributed by atoms with Gasteiger partial charge >= 0.3 is 0 Å². The molecule has 0 bridgehead atoms. The fraction of sp³-hybridized carbons (Fsp3) is 0.705. The van der Waals surface area contributed by atoms with E-state index in [1.165, 1.54) is 222 Å². The van der Waals surface area contributed by atoms with Gasteiger partial charge in [0, 0.05) is 0 Å². The Hall–Kier alpha value is -2.74. The molecule has 0 atom stereocenters. The van der Waals surface area contributed by atoms with Crippen molar-refractivity contribution in [3.05, 3.63) is 84.0 Å². The molecule has 0 aliphatic rings. The Morgan fingerprint density at radius 1 is 0.317 bits per heavy atom. The van der Waals surface area contributed by atoms with Gasteiger partial charge in [-0.1, -0.05) is 249 Å². The lowest BCUT2D eigenvalue weighted by Crippen LogP contribution is -2.15. The molecule has 0 saturated carbocycles. The number of aryl methyl sites for hydroxylation is 2. The van der Waals surface area contributed by atoms with Crippen molar-refractivity contribution in [2.45, 2.75) is 278 Å². The molecule has 63 heavy (non-hydrogen) atoms. The minimum absolute atomic E-state index is 0.990. The second-order valence-corrected chi connectivity index (χ2v) is 19.0. The zero-order chi connectivity index (χ0) is 44.9. The topological polar surface area (TPSA) is 24.7 Å². The standard InChI is InChI=1S/C61H102N2/c1-5-9-13-15-17-19-21-23-25-27-29-31-33-35-37-39-42-48-56-50-44-46-53-58(56)62-60(52-12-8-4)61(55-41-11-7-3)63-59-54-47-45-51-57(59)49-43-40-38-36-34-32-30-28-26-24-22-20-18-16-14-10-6-2/h35-38,44-47,50-51,53-54H,5-34,39-43,48-49,52,55H2,1-4H3/b37-35+,38-36+,62-60?,63-61?. The molecule has 2 rings (SSSR count). The van der Waals surface area contributed by atoms with Gasteiger partial charge in [0.1, 0.15) is 0 Å². The average Bonchev–Trinajstić information content (AvgIpc) is 3.30. The van der Waals surface area contributed by atoms with Gasteiger partial charge in [-0.2, -0.15) is 0 Å². The van der Waals surface area contributed by atoms with Crippen LogP contribution in [0.5, 0.6) is 0 Å². The van der Waals surface area contributed by atoms with Crippen molar-refractivity contribution in [2.75, 3.05) is 0 Å². The fourth-order valence-electron chi connectivity index (χ4n) is 8.87. The molecular weight excluding hydrogens is 761 g/mol. The van der Waals surface area contributed by atoms with E-state index in [1.807, 2.05) is 0 Å². The molecule has 0 radical (unpaired) electrons. The molecule has 0 fully saturated rings. The molecule has 356 valence electrons. The average molecular weight is 864 g/mol. The largest absolute Gasteiger partial charge is 0.251 e. The van der Waals surface area contributed by atoms with Gasteiger partial charge < -0.3 is 0 Å². The van der Waals surface area contributed by atoms with Gasteiger partial charge in [-0.05, 0) is 113 Å². The lowest BCUT2D eigenvalue weighted by molar-refractivity contribution is 0.545. The summed E-state index contributed by atoms with van der Waals surface area (Å²) in [6.07, 6.45) is 61.0. The minimum Gasteiger partial charge on any atom is -0.251 e. The number of aliphatic imine (C=N–C) groups is 2. The van der Waals surface area contributed by atoms with Crippen molar-refractivity contribution >= 4 is 22.8 Å². The molecule has 2 aromatic rings. The quantitative estimate of drug-likeness (QED) is 0.0360. The van der Waals surface area contributed by atoms with E-state index in [9.17, 15) is 0 Å². The third-order valence-electron chi connectivity index (χ3n) is 13.0. The Balaban J connectivity index is 1.88. The molecule has 2 nitrogen and oxygen atoms in total. The molecular formula is C61H102N2. The summed E-state index contributed by atoms with van der Waals surface area (Å²) in [7, 11) is 0. The maximum Gasteiger partial charge on any atom is 0.0665 e. The van der Waals surface area contributed by atoms with Gasteiger partial charge in [0.05, 0.1) is 22.8 Å². The molecule has 0 aliphatic carbocycles. The van der Waals surface area contributed by atoms with Crippen LogP contribution in [0.1, 0.15) is 276 Å². The van der Waals surface area contributed by atoms with Crippen LogP contribution in [0.4, 0.5) is 11.4 Å². The summed E-state index contributed by atoms with van der Waals surface area (Å²) in [5.74, 6) is 0. The number of benzene rings is 2. The molecule has 0 unspecified atom stereocenters. The van der Waals surface area contributed by atoms with Crippen LogP contribution in [0.3, 0.4) is 0 Å². The van der Waals surface area contributed by atoms with Gasteiger partial charge in [-0.25, -0.2) is 0 Å². The zero-order valence-electron chi connectivity index (χ0n) is 42.4. The predicted molar refractivity (Wildman–Crippen MR) is 286 cm³/mol. The summed E-state index contributed by atoms with van der Waals surface area (Å²) in [5.41, 5.74) is 7.47. The van der Waals surface area contributed by atoms with Crippen LogP contribution in [0.15, 0.2) is 82.8 Å². The maximum absolute atomic E-state index is 5.51. The highest BCUT2D eigenvalue weighted by atomic mass is 14.8. The molecule has 0 N–H and O–H groups in total. The summed E-state index contributed by atoms with van der Waals surface area (Å²) in [4.78, 5) is 11.0. The van der Waals surface area contributed by atoms with Gasteiger partial charge in [0.25, 0.3) is 0 Å². The van der Waals surface area contributed by atoms with E-state index in [4.69, 9.17) is 9.98 Å². The molecule has 0 heterocycles. The number of allylic oxidation sites excluding steroid dienone is 4. The van der Waals surface area contributed by atoms with E-state index < -0.39 is 0 Å². The summed E-state index contributed by atoms with van der Waals surface area (Å²) < 4.78 is 0. The first-order valence-corrected chi connectivity index (χ1v) is 27.8. The van der Waals surface area contributed by atoms with Crippen LogP contribution in [0, 0.1) is 0 Å². The summed E-state index contributed by atoms with van der Waals surface area (Å²) in [6, 6.07) is 17.9. The van der Waals surface area contributed by atoms with Crippen LogP contribution in [-0.2, 0) is 12.8 Å². The smallest absolute Gasteiger partial charge is 0.0665 e. The molecule has 0 amide bonds. The van der Waals surface area contributed by atoms with Gasteiger partial charge in [0.2, 0.25) is 0 Å². The Labute approximate surface area is 393 Å². The minimum atomic E-state index is 0.990. The number of rotatable bonds is 44. The predicted octanol–water partition coefficient (Wildman–Crippen LogP) is 21.2. The monoisotopic (exact) mass is 863 g/mol. The highest BCUT2D eigenvalue weighted by Crippen LogP contribution is 2.26. The van der Waals surface area contributed by atoms with Gasteiger partial charge in [-0.3, -0.25) is 9.98 Å². The van der Waals surface area contributed by atoms with E-state index >= 15 is 0 Å². The summed E-state index contributed by atoms with van der Waals surface area (Å²) >= 11 is 0. The van der Waals surface area contributed by atoms with E-state index in [2.05, 4.69) is 101 Å². The molecule has 2 heteroatoms. The molecule has 2 aromatic carbocycles. The molecule has 0 saturated heterocycles. The second-order valence-electron chi connectivity index (χ2n) is 19.0. The van der Waals surface area contributed by atoms with Crippen LogP contribution in [-0.4, -0.2) is 11.4 Å². The first kappa shape index (κ1) is 56.4. The van der Waals surface area contributed by atoms with Crippen LogP contribution < -0.4 is 0 Å². The van der Waals surface area contributed by atoms with E-state index in [-0.39, 0.29) is 0 Å². The van der Waals surface area contributed by atoms with Crippen LogP contribution in [0.25, 0.3) is 0 Å². The van der Waals surface area contributed by atoms with Crippen molar-refractivity contribution in [3.63, 3.8) is 0 Å². The Morgan fingerprint density at radius 3 is 0.968 bits per heavy atom. The number of nitrogens with zero attached hydrogens (tertiary/aromatic N) is 2. The number of hydrogen-bond donors (Lipinski definition) is 0. The Morgan fingerprint density at radius 2 is 0.603 bits per heavy atom. The fourth-order valence-corrected chi connectivity index (χ4v) is 8.87. The lowest BCUT2D eigenvalue weighted by atomic mass is 10.0. The van der Waals surface area contributed by atoms with E-state index in [0.717, 1.165) is 62.7 Å². The van der Waals surface area contributed by atoms with Gasteiger partial charge in [0.15, 0.2) is 0 Å². The normalized spacial score (nSPS) is 12.4. The van der Waals surface area contributed by atoms with E-state index in [0.29, 0.717) is 0 Å². The zero-order valence-corrected chi connectivity index (χ0v) is 42.4. The Bertz CT molecular complexity index is 1430. The summed E-state index contributed by atoms with van der Waals surface area (Å²) in [6.45, 7) is 9.21. The second kappa shape index (κ2) is 43.2. The van der Waals surface area contributed by atoms with Crippen molar-refractivity contribution < 1.29 is 0 Å². The highest BCUT2D eigenvalue weighted by Gasteiger charge is 2.13. The first-order valence-electron chi connectivity index (χ1n) is 27.8. The van der Waals surface area contributed by atoms with Gasteiger partial charge in [-0.15, -0.1) is 0 Å². The lowest BCUT2D eigenvalue weighted by Gasteiger charge is -2.14.